The Hall–Kier alpha value is -3.37. The molecule has 0 aliphatic rings. The van der Waals surface area contributed by atoms with E-state index in [0.717, 1.165) is 26.3 Å². The van der Waals surface area contributed by atoms with Gasteiger partial charge in [0.05, 0.1) is 17.2 Å². The van der Waals surface area contributed by atoms with Crippen LogP contribution < -0.4 is 14.4 Å². The molecule has 0 heterocycles. The summed E-state index contributed by atoms with van der Waals surface area (Å²) in [6.07, 6.45) is 0.736. The van der Waals surface area contributed by atoms with Gasteiger partial charge in [-0.05, 0) is 88.2 Å². The third-order valence-electron chi connectivity index (χ3n) is 6.76. The highest BCUT2D eigenvalue weighted by atomic mass is 79.9. The first-order valence-corrected chi connectivity index (χ1v) is 15.9. The van der Waals surface area contributed by atoms with Crippen molar-refractivity contribution in [2.45, 2.75) is 64.6 Å². The molecule has 0 saturated carbocycles. The van der Waals surface area contributed by atoms with Gasteiger partial charge in [-0.1, -0.05) is 52.7 Å². The first-order chi connectivity index (χ1) is 19.5. The lowest BCUT2D eigenvalue weighted by Crippen LogP contribution is -2.52. The van der Waals surface area contributed by atoms with Crippen molar-refractivity contribution in [2.24, 2.45) is 0 Å². The van der Waals surface area contributed by atoms with Crippen molar-refractivity contribution in [2.75, 3.05) is 17.5 Å². The molecule has 2 amide bonds. The Morgan fingerprint density at radius 2 is 1.54 bits per heavy atom. The maximum Gasteiger partial charge on any atom is 0.264 e. The van der Waals surface area contributed by atoms with Crippen LogP contribution in [0, 0.1) is 6.92 Å². The van der Waals surface area contributed by atoms with Crippen LogP contribution in [0.4, 0.5) is 5.69 Å². The van der Waals surface area contributed by atoms with Crippen LogP contribution in [-0.2, 0) is 26.2 Å². The van der Waals surface area contributed by atoms with Crippen molar-refractivity contribution in [3.05, 3.63) is 88.4 Å². The molecule has 3 aromatic carbocycles. The number of nitrogens with one attached hydrogen (secondary N) is 1. The highest BCUT2D eigenvalue weighted by Gasteiger charge is 2.32. The normalized spacial score (nSPS) is 12.7. The summed E-state index contributed by atoms with van der Waals surface area (Å²) in [5, 5.41) is 2.94. The Kier molecular flexibility index (Phi) is 11.4. The minimum absolute atomic E-state index is 0.0619. The molecule has 3 aromatic rings. The van der Waals surface area contributed by atoms with Crippen molar-refractivity contribution in [3.63, 3.8) is 0 Å². The second kappa shape index (κ2) is 14.5. The van der Waals surface area contributed by atoms with Crippen LogP contribution in [0.25, 0.3) is 0 Å². The van der Waals surface area contributed by atoms with Gasteiger partial charge in [0, 0.05) is 17.1 Å². The number of rotatable bonds is 13. The van der Waals surface area contributed by atoms with Gasteiger partial charge in [0.1, 0.15) is 18.3 Å². The van der Waals surface area contributed by atoms with Crippen LogP contribution in [-0.4, -0.2) is 50.4 Å². The monoisotopic (exact) mass is 643 g/mol. The van der Waals surface area contributed by atoms with E-state index >= 15 is 0 Å². The summed E-state index contributed by atoms with van der Waals surface area (Å²) >= 11 is 3.42. The summed E-state index contributed by atoms with van der Waals surface area (Å²) in [6, 6.07) is 19.6. The van der Waals surface area contributed by atoms with Crippen LogP contribution in [0.5, 0.6) is 5.75 Å². The molecule has 0 aliphatic carbocycles. The molecule has 0 radical (unpaired) electrons. The molecule has 8 nitrogen and oxygen atoms in total. The number of carbonyl (C=O) groups excluding carboxylic acids is 2. The Labute approximate surface area is 251 Å². The number of sulfonamides is 1. The third-order valence-corrected chi connectivity index (χ3v) is 9.07. The number of halogens is 1. The van der Waals surface area contributed by atoms with Crippen molar-refractivity contribution in [3.8, 4) is 5.75 Å². The molecule has 2 atom stereocenters. The zero-order chi connectivity index (χ0) is 30.2. The number of hydrogen-bond acceptors (Lipinski definition) is 5. The van der Waals surface area contributed by atoms with Gasteiger partial charge in [-0.15, -0.1) is 0 Å². The second-order valence-corrected chi connectivity index (χ2v) is 12.7. The molecule has 0 fully saturated rings. The van der Waals surface area contributed by atoms with Crippen molar-refractivity contribution in [1.82, 2.24) is 10.2 Å². The molecule has 0 bridgehead atoms. The van der Waals surface area contributed by atoms with Crippen LogP contribution in [0.3, 0.4) is 0 Å². The van der Waals surface area contributed by atoms with Gasteiger partial charge in [0.15, 0.2) is 0 Å². The van der Waals surface area contributed by atoms with Gasteiger partial charge < -0.3 is 15.0 Å². The van der Waals surface area contributed by atoms with E-state index in [0.29, 0.717) is 18.0 Å². The van der Waals surface area contributed by atoms with E-state index in [-0.39, 0.29) is 23.4 Å². The van der Waals surface area contributed by atoms with E-state index < -0.39 is 28.5 Å². The predicted molar refractivity (Wildman–Crippen MR) is 165 cm³/mol. The summed E-state index contributed by atoms with van der Waals surface area (Å²) < 4.78 is 35.4. The molecule has 1 N–H and O–H groups in total. The Morgan fingerprint density at radius 3 is 2.10 bits per heavy atom. The topological polar surface area (TPSA) is 96.0 Å². The minimum atomic E-state index is -4.13. The first-order valence-electron chi connectivity index (χ1n) is 13.6. The van der Waals surface area contributed by atoms with E-state index in [9.17, 15) is 18.0 Å². The van der Waals surface area contributed by atoms with Crippen LogP contribution in [0.1, 0.15) is 45.2 Å². The molecule has 0 saturated heterocycles. The zero-order valence-electron chi connectivity index (χ0n) is 24.1. The molecule has 0 unspecified atom stereocenters. The lowest BCUT2D eigenvalue weighted by atomic mass is 10.1. The number of aryl methyl sites for hydroxylation is 1. The fourth-order valence-corrected chi connectivity index (χ4v) is 5.75. The number of hydrogen-bond donors (Lipinski definition) is 1. The molecule has 41 heavy (non-hydrogen) atoms. The molecular weight excluding hydrogens is 606 g/mol. The molecule has 0 spiro atoms. The lowest BCUT2D eigenvalue weighted by molar-refractivity contribution is -0.139. The molecule has 0 aromatic heterocycles. The van der Waals surface area contributed by atoms with Crippen LogP contribution in [0.2, 0.25) is 0 Å². The van der Waals surface area contributed by atoms with Gasteiger partial charge in [0.25, 0.3) is 10.0 Å². The van der Waals surface area contributed by atoms with E-state index in [1.165, 1.54) is 17.0 Å². The SMILES string of the molecule is CCOc1ccc(N(CC(=O)N(Cc2ccc(Br)cc2)[C@H](C)C(=O)N[C@@H](C)CC)S(=O)(=O)c2ccc(C)cc2)cc1. The average molecular weight is 645 g/mol. The summed E-state index contributed by atoms with van der Waals surface area (Å²) in [5.41, 5.74) is 2.02. The summed E-state index contributed by atoms with van der Waals surface area (Å²) in [7, 11) is -4.13. The van der Waals surface area contributed by atoms with Crippen molar-refractivity contribution < 1.29 is 22.7 Å². The van der Waals surface area contributed by atoms with Crippen LogP contribution >= 0.6 is 15.9 Å². The van der Waals surface area contributed by atoms with E-state index in [2.05, 4.69) is 21.2 Å². The number of anilines is 1. The van der Waals surface area contributed by atoms with E-state index in [4.69, 9.17) is 4.74 Å². The number of carbonyl (C=O) groups is 2. The standard InChI is InChI=1S/C31H38BrN3O5S/c1-6-23(4)33-31(37)24(5)34(20-25-10-12-26(32)13-11-25)30(36)21-35(27-14-16-28(17-15-27)40-7-2)41(38,39)29-18-8-22(3)9-19-29/h8-19,23-24H,6-7,20-21H2,1-5H3,(H,33,37)/t23-,24+/m0/s1. The Bertz CT molecular complexity index is 1410. The summed E-state index contributed by atoms with van der Waals surface area (Å²) in [5.74, 6) is -0.231. The number of benzene rings is 3. The van der Waals surface area contributed by atoms with Gasteiger partial charge in [-0.25, -0.2) is 8.42 Å². The molecule has 10 heteroatoms. The van der Waals surface area contributed by atoms with Gasteiger partial charge in [0.2, 0.25) is 11.8 Å². The number of amides is 2. The van der Waals surface area contributed by atoms with E-state index in [1.807, 2.05) is 52.0 Å². The highest BCUT2D eigenvalue weighted by molar-refractivity contribution is 9.10. The van der Waals surface area contributed by atoms with Gasteiger partial charge >= 0.3 is 0 Å². The number of ether oxygens (including phenoxy) is 1. The van der Waals surface area contributed by atoms with Crippen molar-refractivity contribution >= 4 is 43.5 Å². The fourth-order valence-electron chi connectivity index (χ4n) is 4.08. The third kappa shape index (κ3) is 8.56. The largest absolute Gasteiger partial charge is 0.494 e. The van der Waals surface area contributed by atoms with Crippen LogP contribution in [0.15, 0.2) is 82.2 Å². The van der Waals surface area contributed by atoms with Crippen molar-refractivity contribution in [1.29, 1.82) is 0 Å². The molecule has 220 valence electrons. The molecular formula is C31H38BrN3O5S. The highest BCUT2D eigenvalue weighted by Crippen LogP contribution is 2.27. The molecule has 3 rings (SSSR count). The quantitative estimate of drug-likeness (QED) is 0.258. The Balaban J connectivity index is 2.02. The predicted octanol–water partition coefficient (Wildman–Crippen LogP) is 5.68. The maximum absolute atomic E-state index is 14.0. The Morgan fingerprint density at radius 1 is 0.927 bits per heavy atom. The average Bonchev–Trinajstić information content (AvgIpc) is 2.95. The maximum atomic E-state index is 14.0. The summed E-state index contributed by atoms with van der Waals surface area (Å²) in [6.45, 7) is 9.34. The zero-order valence-corrected chi connectivity index (χ0v) is 26.5. The molecule has 0 aliphatic heterocycles. The van der Waals surface area contributed by atoms with Gasteiger partial charge in [-0.2, -0.15) is 0 Å². The smallest absolute Gasteiger partial charge is 0.264 e. The summed E-state index contributed by atoms with van der Waals surface area (Å²) in [4.78, 5) is 28.6. The minimum Gasteiger partial charge on any atom is -0.494 e. The number of nitrogens with zero attached hydrogens (tertiary/aromatic N) is 2. The van der Waals surface area contributed by atoms with Gasteiger partial charge in [-0.3, -0.25) is 13.9 Å². The lowest BCUT2D eigenvalue weighted by Gasteiger charge is -2.32. The second-order valence-electron chi connectivity index (χ2n) is 9.89. The first kappa shape index (κ1) is 32.1. The fraction of sp³-hybridized carbons (Fsp3) is 0.355. The van der Waals surface area contributed by atoms with E-state index in [1.54, 1.807) is 43.3 Å².